The smallest absolute Gasteiger partial charge is 0.338 e. The largest absolute Gasteiger partial charge is 0.478 e. The highest BCUT2D eigenvalue weighted by atomic mass is 35.5. The Labute approximate surface area is 124 Å². The third-order valence-corrected chi connectivity index (χ3v) is 4.03. The summed E-state index contributed by atoms with van der Waals surface area (Å²) in [6.45, 7) is 0. The molecule has 0 aromatic heterocycles. The van der Waals surface area contributed by atoms with Gasteiger partial charge in [0.15, 0.2) is 0 Å². The van der Waals surface area contributed by atoms with Crippen molar-refractivity contribution in [3.8, 4) is 0 Å². The van der Waals surface area contributed by atoms with Gasteiger partial charge in [0, 0.05) is 10.6 Å². The molecule has 0 spiro atoms. The van der Waals surface area contributed by atoms with Gasteiger partial charge in [-0.1, -0.05) is 17.7 Å². The molecule has 3 N–H and O–H groups in total. The molecular weight excluding hydrogens is 301 g/mol. The number of nitrogen functional groups attached to an aromatic ring is 1. The molecule has 0 fully saturated rings. The average molecular weight is 312 g/mol. The molecule has 0 saturated heterocycles. The van der Waals surface area contributed by atoms with Crippen LogP contribution >= 0.6 is 23.4 Å². The highest BCUT2D eigenvalue weighted by Crippen LogP contribution is 2.28. The molecule has 0 atom stereocenters. The average Bonchev–Trinajstić information content (AvgIpc) is 2.40. The number of rotatable bonds is 4. The maximum absolute atomic E-state index is 13.5. The number of hydrogen-bond acceptors (Lipinski definition) is 3. The minimum atomic E-state index is -1.27. The number of nitrogens with two attached hydrogens (primary N) is 1. The Morgan fingerprint density at radius 3 is 2.65 bits per heavy atom. The zero-order chi connectivity index (χ0) is 14.7. The lowest BCUT2D eigenvalue weighted by molar-refractivity contribution is 0.0692. The highest BCUT2D eigenvalue weighted by molar-refractivity contribution is 7.98. The molecule has 0 amide bonds. The molecule has 2 aromatic rings. The first kappa shape index (κ1) is 14.7. The van der Waals surface area contributed by atoms with E-state index in [1.807, 2.05) is 6.07 Å². The van der Waals surface area contributed by atoms with Crippen molar-refractivity contribution < 1.29 is 14.3 Å². The van der Waals surface area contributed by atoms with Crippen LogP contribution in [0.15, 0.2) is 41.3 Å². The molecule has 3 nitrogen and oxygen atoms in total. The van der Waals surface area contributed by atoms with Gasteiger partial charge >= 0.3 is 5.97 Å². The number of thioether (sulfide) groups is 1. The third-order valence-electron chi connectivity index (χ3n) is 2.64. The van der Waals surface area contributed by atoms with Gasteiger partial charge in [0.25, 0.3) is 0 Å². The molecule has 2 aromatic carbocycles. The van der Waals surface area contributed by atoms with E-state index in [0.29, 0.717) is 22.0 Å². The van der Waals surface area contributed by atoms with Crippen molar-refractivity contribution in [2.75, 3.05) is 5.73 Å². The summed E-state index contributed by atoms with van der Waals surface area (Å²) in [5.41, 5.74) is 6.50. The van der Waals surface area contributed by atoms with Crippen molar-refractivity contribution in [2.45, 2.75) is 10.6 Å². The Hall–Kier alpha value is -1.72. The van der Waals surface area contributed by atoms with Crippen molar-refractivity contribution in [1.29, 1.82) is 0 Å². The molecule has 0 heterocycles. The summed E-state index contributed by atoms with van der Waals surface area (Å²) < 4.78 is 13.5. The number of carboxylic acids is 1. The minimum Gasteiger partial charge on any atom is -0.478 e. The molecule has 0 bridgehead atoms. The van der Waals surface area contributed by atoms with Crippen LogP contribution in [0.5, 0.6) is 0 Å². The first-order valence-corrected chi connectivity index (χ1v) is 7.03. The van der Waals surface area contributed by atoms with E-state index in [2.05, 4.69) is 0 Å². The van der Waals surface area contributed by atoms with Gasteiger partial charge in [-0.25, -0.2) is 9.18 Å². The quantitative estimate of drug-likeness (QED) is 0.660. The highest BCUT2D eigenvalue weighted by Gasteiger charge is 2.10. The van der Waals surface area contributed by atoms with Gasteiger partial charge in [0.2, 0.25) is 0 Å². The molecule has 0 aliphatic rings. The van der Waals surface area contributed by atoms with Crippen molar-refractivity contribution in [3.05, 3.63) is 58.4 Å². The molecule has 104 valence electrons. The summed E-state index contributed by atoms with van der Waals surface area (Å²) in [5, 5.41) is 9.22. The first-order chi connectivity index (χ1) is 9.47. The van der Waals surface area contributed by atoms with Gasteiger partial charge in [-0.05, 0) is 35.9 Å². The fourth-order valence-electron chi connectivity index (χ4n) is 1.59. The van der Waals surface area contributed by atoms with Gasteiger partial charge in [-0.2, -0.15) is 0 Å². The van der Waals surface area contributed by atoms with Crippen molar-refractivity contribution in [1.82, 2.24) is 0 Å². The first-order valence-electron chi connectivity index (χ1n) is 5.67. The second kappa shape index (κ2) is 6.15. The van der Waals surface area contributed by atoms with E-state index in [1.54, 1.807) is 18.2 Å². The van der Waals surface area contributed by atoms with Crippen molar-refractivity contribution in [2.24, 2.45) is 0 Å². The normalized spacial score (nSPS) is 10.5. The summed E-state index contributed by atoms with van der Waals surface area (Å²) >= 11 is 7.38. The molecule has 0 saturated carbocycles. The molecule has 0 unspecified atom stereocenters. The van der Waals surface area contributed by atoms with Crippen molar-refractivity contribution in [3.63, 3.8) is 0 Å². The van der Waals surface area contributed by atoms with Crippen LogP contribution in [0.25, 0.3) is 0 Å². The van der Waals surface area contributed by atoms with Gasteiger partial charge in [0.1, 0.15) is 5.82 Å². The SMILES string of the molecule is Nc1ccc(SCc2ccc(C(=O)O)c(F)c2)cc1Cl. The Balaban J connectivity index is 2.09. The third kappa shape index (κ3) is 3.43. The zero-order valence-electron chi connectivity index (χ0n) is 10.3. The lowest BCUT2D eigenvalue weighted by Gasteiger charge is -2.05. The minimum absolute atomic E-state index is 0.325. The molecule has 0 aliphatic heterocycles. The number of hydrogen-bond donors (Lipinski definition) is 2. The van der Waals surface area contributed by atoms with E-state index < -0.39 is 11.8 Å². The fraction of sp³-hybridized carbons (Fsp3) is 0.0714. The summed E-state index contributed by atoms with van der Waals surface area (Å²) in [6, 6.07) is 9.37. The van der Waals surface area contributed by atoms with Crippen LogP contribution in [-0.2, 0) is 5.75 Å². The number of carboxylic acid groups (broad SMARTS) is 1. The van der Waals surface area contributed by atoms with Gasteiger partial charge < -0.3 is 10.8 Å². The fourth-order valence-corrected chi connectivity index (χ4v) is 2.71. The Morgan fingerprint density at radius 2 is 2.05 bits per heavy atom. The van der Waals surface area contributed by atoms with Crippen LogP contribution in [0.3, 0.4) is 0 Å². The molecule has 0 radical (unpaired) electrons. The van der Waals surface area contributed by atoms with Crippen molar-refractivity contribution >= 4 is 35.0 Å². The number of carbonyl (C=O) groups is 1. The van der Waals surface area contributed by atoms with Gasteiger partial charge in [-0.15, -0.1) is 11.8 Å². The molecule has 6 heteroatoms. The van der Waals surface area contributed by atoms with Gasteiger partial charge in [0.05, 0.1) is 16.3 Å². The number of anilines is 1. The second-order valence-corrected chi connectivity index (χ2v) is 5.55. The van der Waals surface area contributed by atoms with Crippen LogP contribution in [0.4, 0.5) is 10.1 Å². The van der Waals surface area contributed by atoms with Crippen LogP contribution in [0, 0.1) is 5.82 Å². The second-order valence-electron chi connectivity index (χ2n) is 4.09. The van der Waals surface area contributed by atoms with Crippen LogP contribution in [0.2, 0.25) is 5.02 Å². The number of halogens is 2. The van der Waals surface area contributed by atoms with Crippen LogP contribution in [0.1, 0.15) is 15.9 Å². The Morgan fingerprint density at radius 1 is 1.30 bits per heavy atom. The maximum Gasteiger partial charge on any atom is 0.338 e. The maximum atomic E-state index is 13.5. The molecular formula is C14H11ClFNO2S. The lowest BCUT2D eigenvalue weighted by atomic mass is 10.1. The summed E-state index contributed by atoms with van der Waals surface area (Å²) in [7, 11) is 0. The van der Waals surface area contributed by atoms with E-state index in [1.165, 1.54) is 23.9 Å². The van der Waals surface area contributed by atoms with Gasteiger partial charge in [-0.3, -0.25) is 0 Å². The zero-order valence-corrected chi connectivity index (χ0v) is 11.8. The van der Waals surface area contributed by atoms with E-state index in [4.69, 9.17) is 22.4 Å². The van der Waals surface area contributed by atoms with E-state index in [9.17, 15) is 9.18 Å². The Kier molecular flexibility index (Phi) is 4.52. The predicted octanol–water partition coefficient (Wildman–Crippen LogP) is 4.05. The monoisotopic (exact) mass is 311 g/mol. The number of benzene rings is 2. The van der Waals surface area contributed by atoms with Crippen LogP contribution < -0.4 is 5.73 Å². The topological polar surface area (TPSA) is 63.3 Å². The van der Waals surface area contributed by atoms with E-state index in [-0.39, 0.29) is 5.56 Å². The summed E-state index contributed by atoms with van der Waals surface area (Å²) in [5.74, 6) is -1.49. The van der Waals surface area contributed by atoms with Crippen LogP contribution in [-0.4, -0.2) is 11.1 Å². The molecule has 20 heavy (non-hydrogen) atoms. The Bertz CT molecular complexity index is 664. The van der Waals surface area contributed by atoms with E-state index in [0.717, 1.165) is 4.90 Å². The molecule has 2 rings (SSSR count). The standard InChI is InChI=1S/C14H11ClFNO2S/c15-11-6-9(2-4-13(11)17)20-7-8-1-3-10(14(18)19)12(16)5-8/h1-6H,7,17H2,(H,18,19). The summed E-state index contributed by atoms with van der Waals surface area (Å²) in [6.07, 6.45) is 0. The molecule has 0 aliphatic carbocycles. The van der Waals surface area contributed by atoms with E-state index >= 15 is 0 Å². The summed E-state index contributed by atoms with van der Waals surface area (Å²) in [4.78, 5) is 11.6. The number of aromatic carboxylic acids is 1. The lowest BCUT2D eigenvalue weighted by Crippen LogP contribution is -2.00. The predicted molar refractivity (Wildman–Crippen MR) is 78.8 cm³/mol.